The molecule has 0 saturated heterocycles. The van der Waals surface area contributed by atoms with E-state index in [0.29, 0.717) is 6.54 Å². The second-order valence-electron chi connectivity index (χ2n) is 5.88. The molecule has 0 unspecified atom stereocenters. The van der Waals surface area contributed by atoms with Crippen molar-refractivity contribution < 1.29 is 17.3 Å². The van der Waals surface area contributed by atoms with E-state index in [4.69, 9.17) is 8.83 Å². The van der Waals surface area contributed by atoms with E-state index in [0.717, 1.165) is 16.3 Å². The van der Waals surface area contributed by atoms with Crippen molar-refractivity contribution in [1.29, 1.82) is 5.26 Å². The molecule has 0 aliphatic carbocycles. The lowest BCUT2D eigenvalue weighted by atomic mass is 10.1. The van der Waals surface area contributed by atoms with E-state index in [1.807, 2.05) is 36.4 Å². The molecule has 3 rings (SSSR count). The monoisotopic (exact) mass is 386 g/mol. The van der Waals surface area contributed by atoms with Crippen LogP contribution >= 0.6 is 0 Å². The summed E-state index contributed by atoms with van der Waals surface area (Å²) in [6, 6.07) is 14.6. The first-order valence-electron chi connectivity index (χ1n) is 8.13. The van der Waals surface area contributed by atoms with Gasteiger partial charge in [0.2, 0.25) is 16.7 Å². The molecule has 8 nitrogen and oxygen atoms in total. The Kier molecular flexibility index (Phi) is 5.30. The molecular weight excluding hydrogens is 368 g/mol. The van der Waals surface area contributed by atoms with Crippen LogP contribution in [0.25, 0.3) is 11.7 Å². The van der Waals surface area contributed by atoms with Gasteiger partial charge in [-0.25, -0.2) is 12.7 Å². The van der Waals surface area contributed by atoms with E-state index in [9.17, 15) is 13.7 Å². The Morgan fingerprint density at radius 3 is 2.56 bits per heavy atom. The van der Waals surface area contributed by atoms with Gasteiger partial charge in [-0.15, -0.1) is 0 Å². The largest absolute Gasteiger partial charge is 0.438 e. The zero-order valence-electron chi connectivity index (χ0n) is 14.8. The van der Waals surface area contributed by atoms with Crippen molar-refractivity contribution in [2.45, 2.75) is 11.5 Å². The number of sulfonamides is 1. The zero-order chi connectivity index (χ0) is 19.4. The van der Waals surface area contributed by atoms with Gasteiger partial charge < -0.3 is 14.2 Å². The molecule has 140 valence electrons. The summed E-state index contributed by atoms with van der Waals surface area (Å²) in [5.74, 6) is 0.383. The summed E-state index contributed by atoms with van der Waals surface area (Å²) in [6.07, 6.45) is 0.744. The Labute approximate surface area is 157 Å². The maximum Gasteiger partial charge on any atom is 0.275 e. The number of aromatic nitrogens is 1. The summed E-state index contributed by atoms with van der Waals surface area (Å²) in [5.41, 5.74) is 1.22. The Bertz CT molecular complexity index is 1060. The van der Waals surface area contributed by atoms with Crippen LogP contribution in [-0.4, -0.2) is 38.3 Å². The lowest BCUT2D eigenvalue weighted by molar-refractivity contribution is 0.423. The van der Waals surface area contributed by atoms with Gasteiger partial charge in [0.1, 0.15) is 6.07 Å². The summed E-state index contributed by atoms with van der Waals surface area (Å²) < 4.78 is 36.2. The zero-order valence-corrected chi connectivity index (χ0v) is 15.7. The highest BCUT2D eigenvalue weighted by Gasteiger charge is 2.24. The highest BCUT2D eigenvalue weighted by Crippen LogP contribution is 2.28. The first-order chi connectivity index (χ1) is 12.9. The Balaban J connectivity index is 1.77. The van der Waals surface area contributed by atoms with Crippen LogP contribution in [0.15, 0.2) is 56.4 Å². The van der Waals surface area contributed by atoms with E-state index in [-0.39, 0.29) is 28.3 Å². The Morgan fingerprint density at radius 2 is 1.89 bits per heavy atom. The molecule has 0 bridgehead atoms. The molecule has 1 aromatic carbocycles. The summed E-state index contributed by atoms with van der Waals surface area (Å²) in [6.45, 7) is 0.547. The molecular formula is C18H18N4O4S. The summed E-state index contributed by atoms with van der Waals surface area (Å²) in [4.78, 5) is 4.07. The standard InChI is InChI=1S/C18H18N4O4S/c1-22(2)27(23,24)16-9-8-15(25-16)18-21-14(12-19)17(26-18)20-11-10-13-6-4-3-5-7-13/h3-9,20H,10-11H2,1-2H3. The topological polar surface area (TPSA) is 112 Å². The molecule has 0 aliphatic rings. The fourth-order valence-electron chi connectivity index (χ4n) is 2.34. The number of benzene rings is 1. The predicted octanol–water partition coefficient (Wildman–Crippen LogP) is 2.71. The highest BCUT2D eigenvalue weighted by atomic mass is 32.2. The summed E-state index contributed by atoms with van der Waals surface area (Å²) in [7, 11) is -0.885. The molecule has 0 spiro atoms. The third-order valence-electron chi connectivity index (χ3n) is 3.80. The first kappa shape index (κ1) is 18.7. The van der Waals surface area contributed by atoms with Crippen LogP contribution in [0.2, 0.25) is 0 Å². The number of nitrogens with one attached hydrogen (secondary N) is 1. The van der Waals surface area contributed by atoms with Crippen molar-refractivity contribution in [3.05, 3.63) is 53.7 Å². The van der Waals surface area contributed by atoms with Crippen LogP contribution in [0, 0.1) is 11.3 Å². The van der Waals surface area contributed by atoms with Gasteiger partial charge in [-0.2, -0.15) is 10.2 Å². The maximum atomic E-state index is 12.1. The number of nitrogens with zero attached hydrogens (tertiary/aromatic N) is 3. The minimum absolute atomic E-state index is 0.0361. The van der Waals surface area contributed by atoms with Crippen molar-refractivity contribution in [3.8, 4) is 17.7 Å². The van der Waals surface area contributed by atoms with Crippen LogP contribution in [-0.2, 0) is 16.4 Å². The van der Waals surface area contributed by atoms with Crippen molar-refractivity contribution in [2.24, 2.45) is 0 Å². The molecule has 0 aliphatic heterocycles. The fraction of sp³-hybridized carbons (Fsp3) is 0.222. The third-order valence-corrected chi connectivity index (χ3v) is 5.49. The number of furan rings is 1. The maximum absolute atomic E-state index is 12.1. The summed E-state index contributed by atoms with van der Waals surface area (Å²) in [5, 5.41) is 12.1. The van der Waals surface area contributed by atoms with E-state index in [1.165, 1.54) is 26.2 Å². The lowest BCUT2D eigenvalue weighted by Crippen LogP contribution is -2.21. The molecule has 9 heteroatoms. The molecule has 2 aromatic heterocycles. The Hall–Kier alpha value is -3.09. The molecule has 0 atom stereocenters. The second kappa shape index (κ2) is 7.65. The average Bonchev–Trinajstić information content (AvgIpc) is 3.29. The molecule has 3 aromatic rings. The van der Waals surface area contributed by atoms with Crippen molar-refractivity contribution in [3.63, 3.8) is 0 Å². The van der Waals surface area contributed by atoms with Gasteiger partial charge >= 0.3 is 0 Å². The summed E-state index contributed by atoms with van der Waals surface area (Å²) >= 11 is 0. The molecule has 0 saturated carbocycles. The van der Waals surface area contributed by atoms with E-state index in [1.54, 1.807) is 0 Å². The molecule has 0 amide bonds. The smallest absolute Gasteiger partial charge is 0.275 e. The Morgan fingerprint density at radius 1 is 1.15 bits per heavy atom. The van der Waals surface area contributed by atoms with Crippen molar-refractivity contribution in [1.82, 2.24) is 9.29 Å². The second-order valence-corrected chi connectivity index (χ2v) is 7.96. The van der Waals surface area contributed by atoms with Gasteiger partial charge in [0, 0.05) is 20.6 Å². The van der Waals surface area contributed by atoms with Gasteiger partial charge in [0.05, 0.1) is 0 Å². The number of anilines is 1. The molecule has 2 heterocycles. The van der Waals surface area contributed by atoms with Gasteiger partial charge in [-0.3, -0.25) is 0 Å². The van der Waals surface area contributed by atoms with Crippen LogP contribution in [0.5, 0.6) is 0 Å². The fourth-order valence-corrected chi connectivity index (χ4v) is 3.13. The number of oxazole rings is 1. The van der Waals surface area contributed by atoms with Gasteiger partial charge in [0.25, 0.3) is 15.9 Å². The number of rotatable bonds is 7. The van der Waals surface area contributed by atoms with Gasteiger partial charge in [0.15, 0.2) is 5.76 Å². The normalized spacial score (nSPS) is 11.5. The van der Waals surface area contributed by atoms with Crippen LogP contribution in [0.1, 0.15) is 11.3 Å². The first-order valence-corrected chi connectivity index (χ1v) is 9.57. The average molecular weight is 386 g/mol. The van der Waals surface area contributed by atoms with E-state index < -0.39 is 10.0 Å². The minimum Gasteiger partial charge on any atom is -0.438 e. The molecule has 1 N–H and O–H groups in total. The minimum atomic E-state index is -3.70. The SMILES string of the molecule is CN(C)S(=O)(=O)c1ccc(-c2nc(C#N)c(NCCc3ccccc3)o2)o1. The highest BCUT2D eigenvalue weighted by molar-refractivity contribution is 7.88. The molecule has 0 fully saturated rings. The van der Waals surface area contributed by atoms with E-state index in [2.05, 4.69) is 10.3 Å². The van der Waals surface area contributed by atoms with Crippen molar-refractivity contribution in [2.75, 3.05) is 26.0 Å². The van der Waals surface area contributed by atoms with Crippen LogP contribution in [0.4, 0.5) is 5.88 Å². The van der Waals surface area contributed by atoms with E-state index >= 15 is 0 Å². The molecule has 27 heavy (non-hydrogen) atoms. The molecule has 0 radical (unpaired) electrons. The lowest BCUT2D eigenvalue weighted by Gasteiger charge is -2.07. The quantitative estimate of drug-likeness (QED) is 0.664. The van der Waals surface area contributed by atoms with Crippen molar-refractivity contribution >= 4 is 15.9 Å². The predicted molar refractivity (Wildman–Crippen MR) is 98.4 cm³/mol. The number of hydrogen-bond acceptors (Lipinski definition) is 7. The number of nitriles is 1. The van der Waals surface area contributed by atoms with Crippen LogP contribution in [0.3, 0.4) is 0 Å². The third kappa shape index (κ3) is 4.02. The number of hydrogen-bond donors (Lipinski definition) is 1. The van der Waals surface area contributed by atoms with Gasteiger partial charge in [-0.05, 0) is 24.1 Å². The van der Waals surface area contributed by atoms with Gasteiger partial charge in [-0.1, -0.05) is 30.3 Å². The van der Waals surface area contributed by atoms with Crippen LogP contribution < -0.4 is 5.32 Å².